The Hall–Kier alpha value is -3.92. The molecule has 0 saturated carbocycles. The molecule has 35 heavy (non-hydrogen) atoms. The SMILES string of the molecule is CNC(=O)C(C(=O)NO)N(C)C(=O)c1ccc(-c2ccc(CN(C(=O)O)C(C)(C)C)c(C)c2)cc1. The van der Waals surface area contributed by atoms with Gasteiger partial charge in [0.05, 0.1) is 0 Å². The zero-order valence-corrected chi connectivity index (χ0v) is 20.7. The molecule has 2 rings (SSSR count). The molecule has 0 bridgehead atoms. The van der Waals surface area contributed by atoms with E-state index in [1.165, 1.54) is 24.5 Å². The fraction of sp³-hybridized carbons (Fsp3) is 0.360. The second-order valence-electron chi connectivity index (χ2n) is 9.17. The van der Waals surface area contributed by atoms with Crippen molar-refractivity contribution < 1.29 is 29.5 Å². The summed E-state index contributed by atoms with van der Waals surface area (Å²) in [5.74, 6) is -2.34. The summed E-state index contributed by atoms with van der Waals surface area (Å²) in [7, 11) is 2.62. The average molecular weight is 485 g/mol. The lowest BCUT2D eigenvalue weighted by atomic mass is 9.97. The van der Waals surface area contributed by atoms with Crippen molar-refractivity contribution in [3.8, 4) is 11.1 Å². The van der Waals surface area contributed by atoms with Crippen LogP contribution in [0.4, 0.5) is 4.79 Å². The third kappa shape index (κ3) is 6.36. The number of hydrogen-bond donors (Lipinski definition) is 4. The first-order chi connectivity index (χ1) is 16.3. The fourth-order valence-corrected chi connectivity index (χ4v) is 3.61. The number of benzene rings is 2. The summed E-state index contributed by atoms with van der Waals surface area (Å²) in [6.45, 7) is 7.72. The van der Waals surface area contributed by atoms with E-state index in [-0.39, 0.29) is 12.1 Å². The van der Waals surface area contributed by atoms with Gasteiger partial charge >= 0.3 is 6.09 Å². The molecule has 2 aromatic rings. The molecular weight excluding hydrogens is 452 g/mol. The number of carbonyl (C=O) groups excluding carboxylic acids is 3. The molecule has 1 atom stereocenters. The molecule has 0 spiro atoms. The molecule has 4 N–H and O–H groups in total. The molecule has 0 heterocycles. The number of amides is 4. The Morgan fingerprint density at radius 1 is 0.971 bits per heavy atom. The van der Waals surface area contributed by atoms with Crippen LogP contribution in [0.15, 0.2) is 42.5 Å². The van der Waals surface area contributed by atoms with Crippen LogP contribution in [0.2, 0.25) is 0 Å². The fourth-order valence-electron chi connectivity index (χ4n) is 3.61. The van der Waals surface area contributed by atoms with E-state index in [1.54, 1.807) is 24.3 Å². The Kier molecular flexibility index (Phi) is 8.59. The van der Waals surface area contributed by atoms with Gasteiger partial charge in [-0.05, 0) is 62.1 Å². The van der Waals surface area contributed by atoms with Crippen LogP contribution >= 0.6 is 0 Å². The van der Waals surface area contributed by atoms with Crippen LogP contribution < -0.4 is 10.8 Å². The van der Waals surface area contributed by atoms with E-state index in [0.717, 1.165) is 27.2 Å². The molecule has 0 saturated heterocycles. The lowest BCUT2D eigenvalue weighted by molar-refractivity contribution is -0.140. The number of rotatable bonds is 7. The Morgan fingerprint density at radius 3 is 2.00 bits per heavy atom. The first kappa shape index (κ1) is 27.3. The minimum absolute atomic E-state index is 0.256. The second kappa shape index (κ2) is 11.0. The smallest absolute Gasteiger partial charge is 0.408 e. The minimum Gasteiger partial charge on any atom is -0.465 e. The molecule has 2 aromatic carbocycles. The number of nitrogens with one attached hydrogen (secondary N) is 2. The van der Waals surface area contributed by atoms with Crippen LogP contribution in [-0.4, -0.2) is 69.6 Å². The van der Waals surface area contributed by atoms with Gasteiger partial charge in [0.2, 0.25) is 0 Å². The number of hydroxylamine groups is 1. The predicted octanol–water partition coefficient (Wildman–Crippen LogP) is 2.63. The number of aryl methyl sites for hydroxylation is 1. The van der Waals surface area contributed by atoms with Crippen molar-refractivity contribution in [1.82, 2.24) is 20.6 Å². The van der Waals surface area contributed by atoms with Gasteiger partial charge in [0.25, 0.3) is 17.7 Å². The molecule has 0 fully saturated rings. The van der Waals surface area contributed by atoms with Gasteiger partial charge in [0.1, 0.15) is 0 Å². The van der Waals surface area contributed by atoms with Gasteiger partial charge in [-0.2, -0.15) is 0 Å². The minimum atomic E-state index is -1.54. The van der Waals surface area contributed by atoms with Gasteiger partial charge < -0.3 is 15.3 Å². The summed E-state index contributed by atoms with van der Waals surface area (Å²) in [6.07, 6.45) is -0.985. The van der Waals surface area contributed by atoms with Crippen LogP contribution in [0, 0.1) is 6.92 Å². The van der Waals surface area contributed by atoms with E-state index >= 15 is 0 Å². The van der Waals surface area contributed by atoms with Crippen LogP contribution in [0.3, 0.4) is 0 Å². The largest absolute Gasteiger partial charge is 0.465 e. The molecule has 4 amide bonds. The molecule has 0 aliphatic heterocycles. The highest BCUT2D eigenvalue weighted by Crippen LogP contribution is 2.26. The standard InChI is InChI=1S/C25H32N4O6/c1-15-13-18(11-12-19(15)14-29(24(33)34)25(2,3)4)16-7-9-17(10-8-16)23(32)28(6)20(21(30)26-5)22(31)27-35/h7-13,20,35H,14H2,1-6H3,(H,26,30)(H,27,31)(H,33,34). The topological polar surface area (TPSA) is 139 Å². The monoisotopic (exact) mass is 484 g/mol. The van der Waals surface area contributed by atoms with Gasteiger partial charge in [0.15, 0.2) is 6.04 Å². The highest BCUT2D eigenvalue weighted by atomic mass is 16.5. The molecular formula is C25H32N4O6. The van der Waals surface area contributed by atoms with E-state index in [4.69, 9.17) is 5.21 Å². The average Bonchev–Trinajstić information content (AvgIpc) is 2.81. The molecule has 0 aliphatic carbocycles. The Labute approximate surface area is 204 Å². The molecule has 0 aliphatic rings. The van der Waals surface area contributed by atoms with Crippen LogP contribution in [0.1, 0.15) is 42.3 Å². The molecule has 0 aromatic heterocycles. The summed E-state index contributed by atoms with van der Waals surface area (Å²) in [5.41, 5.74) is 4.66. The first-order valence-electron chi connectivity index (χ1n) is 10.9. The third-order valence-corrected chi connectivity index (χ3v) is 5.74. The summed E-state index contributed by atoms with van der Waals surface area (Å²) in [5, 5.41) is 20.8. The van der Waals surface area contributed by atoms with Gasteiger partial charge in [-0.1, -0.05) is 30.3 Å². The maximum absolute atomic E-state index is 12.8. The second-order valence-corrected chi connectivity index (χ2v) is 9.17. The Balaban J connectivity index is 2.26. The zero-order chi connectivity index (χ0) is 26.5. The van der Waals surface area contributed by atoms with Crippen LogP contribution in [0.5, 0.6) is 0 Å². The Morgan fingerprint density at radius 2 is 1.54 bits per heavy atom. The van der Waals surface area contributed by atoms with Gasteiger partial charge in [-0.25, -0.2) is 10.3 Å². The number of carbonyl (C=O) groups is 4. The quantitative estimate of drug-likeness (QED) is 0.271. The maximum atomic E-state index is 12.8. The van der Waals surface area contributed by atoms with E-state index in [9.17, 15) is 24.3 Å². The van der Waals surface area contributed by atoms with Crippen LogP contribution in [0.25, 0.3) is 11.1 Å². The first-order valence-corrected chi connectivity index (χ1v) is 10.9. The molecule has 10 nitrogen and oxygen atoms in total. The van der Waals surface area contributed by atoms with Crippen molar-refractivity contribution in [2.75, 3.05) is 14.1 Å². The molecule has 0 radical (unpaired) electrons. The van der Waals surface area contributed by atoms with E-state index in [0.29, 0.717) is 0 Å². The van der Waals surface area contributed by atoms with Crippen molar-refractivity contribution >= 4 is 23.8 Å². The molecule has 1 unspecified atom stereocenters. The van der Waals surface area contributed by atoms with E-state index in [2.05, 4.69) is 5.32 Å². The van der Waals surface area contributed by atoms with Gasteiger partial charge in [-0.15, -0.1) is 0 Å². The highest BCUT2D eigenvalue weighted by molar-refractivity contribution is 6.08. The predicted molar refractivity (Wildman–Crippen MR) is 130 cm³/mol. The van der Waals surface area contributed by atoms with Crippen molar-refractivity contribution in [2.24, 2.45) is 0 Å². The lowest BCUT2D eigenvalue weighted by Gasteiger charge is -2.33. The summed E-state index contributed by atoms with van der Waals surface area (Å²) >= 11 is 0. The number of likely N-dealkylation sites (N-methyl/N-ethyl adjacent to an activating group) is 2. The molecule has 188 valence electrons. The van der Waals surface area contributed by atoms with Crippen molar-refractivity contribution in [3.05, 3.63) is 59.2 Å². The highest BCUT2D eigenvalue weighted by Gasteiger charge is 2.33. The number of nitrogens with zero attached hydrogens (tertiary/aromatic N) is 2. The Bertz CT molecular complexity index is 1090. The maximum Gasteiger partial charge on any atom is 0.408 e. The van der Waals surface area contributed by atoms with Gasteiger partial charge in [-0.3, -0.25) is 24.5 Å². The lowest BCUT2D eigenvalue weighted by Crippen LogP contribution is -2.54. The van der Waals surface area contributed by atoms with E-state index < -0.39 is 35.4 Å². The van der Waals surface area contributed by atoms with Gasteiger partial charge in [0, 0.05) is 31.7 Å². The van der Waals surface area contributed by atoms with Crippen LogP contribution in [-0.2, 0) is 16.1 Å². The normalized spacial score (nSPS) is 11.9. The van der Waals surface area contributed by atoms with Crippen molar-refractivity contribution in [3.63, 3.8) is 0 Å². The van der Waals surface area contributed by atoms with Crippen molar-refractivity contribution in [1.29, 1.82) is 0 Å². The zero-order valence-electron chi connectivity index (χ0n) is 20.7. The molecule has 10 heteroatoms. The summed E-state index contributed by atoms with van der Waals surface area (Å²) < 4.78 is 0. The summed E-state index contributed by atoms with van der Waals surface area (Å²) in [6, 6.07) is 10.9. The number of hydrogen-bond acceptors (Lipinski definition) is 5. The number of carboxylic acid groups (broad SMARTS) is 1. The summed E-state index contributed by atoms with van der Waals surface area (Å²) in [4.78, 5) is 50.8. The van der Waals surface area contributed by atoms with E-state index in [1.807, 2.05) is 45.9 Å². The van der Waals surface area contributed by atoms with Crippen molar-refractivity contribution in [2.45, 2.75) is 45.8 Å². The third-order valence-electron chi connectivity index (χ3n) is 5.74.